The number of hydrogen-bond donors (Lipinski definition) is 1. The molecular weight excluding hydrogens is 326 g/mol. The fourth-order valence-corrected chi connectivity index (χ4v) is 2.07. The third-order valence-corrected chi connectivity index (χ3v) is 3.47. The predicted molar refractivity (Wildman–Crippen MR) is 92.3 cm³/mol. The van der Waals surface area contributed by atoms with Gasteiger partial charge in [-0.1, -0.05) is 0 Å². The number of ether oxygens (including phenoxy) is 2. The third-order valence-electron chi connectivity index (χ3n) is 3.47. The average molecular weight is 343 g/mol. The molecule has 0 aliphatic carbocycles. The van der Waals surface area contributed by atoms with E-state index < -0.39 is 10.8 Å². The number of nitrogens with zero attached hydrogens (tertiary/aromatic N) is 2. The van der Waals surface area contributed by atoms with Crippen molar-refractivity contribution in [2.75, 3.05) is 14.2 Å². The van der Waals surface area contributed by atoms with E-state index in [0.717, 1.165) is 0 Å². The molecule has 0 aliphatic rings. The van der Waals surface area contributed by atoms with Crippen LogP contribution in [0.2, 0.25) is 0 Å². The molecular formula is C17H17N3O5. The summed E-state index contributed by atoms with van der Waals surface area (Å²) in [6, 6.07) is 10.7. The molecule has 0 saturated heterocycles. The summed E-state index contributed by atoms with van der Waals surface area (Å²) in [5, 5.41) is 14.7. The maximum atomic E-state index is 12.2. The van der Waals surface area contributed by atoms with E-state index in [4.69, 9.17) is 9.47 Å². The van der Waals surface area contributed by atoms with Crippen molar-refractivity contribution < 1.29 is 19.2 Å². The first-order valence-electron chi connectivity index (χ1n) is 7.27. The van der Waals surface area contributed by atoms with Crippen LogP contribution in [0.3, 0.4) is 0 Å². The number of carbonyl (C=O) groups excluding carboxylic acids is 1. The minimum absolute atomic E-state index is 0.00841. The first-order chi connectivity index (χ1) is 12.0. The van der Waals surface area contributed by atoms with Crippen molar-refractivity contribution in [2.24, 2.45) is 5.10 Å². The van der Waals surface area contributed by atoms with E-state index in [-0.39, 0.29) is 5.69 Å². The van der Waals surface area contributed by atoms with Gasteiger partial charge in [-0.05, 0) is 42.8 Å². The number of carbonyl (C=O) groups is 1. The molecule has 2 aromatic rings. The van der Waals surface area contributed by atoms with Gasteiger partial charge in [-0.25, -0.2) is 5.43 Å². The average Bonchev–Trinajstić information content (AvgIpc) is 2.65. The summed E-state index contributed by atoms with van der Waals surface area (Å²) >= 11 is 0. The van der Waals surface area contributed by atoms with Crippen molar-refractivity contribution in [1.29, 1.82) is 0 Å². The van der Waals surface area contributed by atoms with E-state index in [1.807, 2.05) is 0 Å². The van der Waals surface area contributed by atoms with Crippen LogP contribution in [0, 0.1) is 10.1 Å². The molecule has 0 aliphatic heterocycles. The Morgan fingerprint density at radius 2 is 1.64 bits per heavy atom. The molecule has 0 heterocycles. The quantitative estimate of drug-likeness (QED) is 0.493. The number of nitro benzene ring substituents is 1. The van der Waals surface area contributed by atoms with Crippen molar-refractivity contribution in [1.82, 2.24) is 5.43 Å². The van der Waals surface area contributed by atoms with Crippen LogP contribution in [0.25, 0.3) is 0 Å². The van der Waals surface area contributed by atoms with E-state index >= 15 is 0 Å². The molecule has 130 valence electrons. The minimum Gasteiger partial charge on any atom is -0.493 e. The molecule has 0 unspecified atom stereocenters. The summed E-state index contributed by atoms with van der Waals surface area (Å²) < 4.78 is 10.3. The Balaban J connectivity index is 2.12. The van der Waals surface area contributed by atoms with Gasteiger partial charge in [0.2, 0.25) is 0 Å². The number of nitrogens with one attached hydrogen (secondary N) is 1. The van der Waals surface area contributed by atoms with Crippen molar-refractivity contribution in [3.05, 3.63) is 63.7 Å². The number of methoxy groups -OCH3 is 2. The highest BCUT2D eigenvalue weighted by atomic mass is 16.6. The van der Waals surface area contributed by atoms with Gasteiger partial charge >= 0.3 is 0 Å². The fraction of sp³-hybridized carbons (Fsp3) is 0.176. The maximum Gasteiger partial charge on any atom is 0.271 e. The first-order valence-corrected chi connectivity index (χ1v) is 7.27. The summed E-state index contributed by atoms with van der Waals surface area (Å²) in [7, 11) is 2.99. The molecule has 2 aromatic carbocycles. The summed E-state index contributed by atoms with van der Waals surface area (Å²) in [4.78, 5) is 22.4. The Hall–Kier alpha value is -3.42. The van der Waals surface area contributed by atoms with Crippen molar-refractivity contribution in [2.45, 2.75) is 6.92 Å². The third kappa shape index (κ3) is 4.31. The lowest BCUT2D eigenvalue weighted by atomic mass is 10.1. The van der Waals surface area contributed by atoms with Gasteiger partial charge in [0.25, 0.3) is 11.6 Å². The molecule has 1 N–H and O–H groups in total. The lowest BCUT2D eigenvalue weighted by Gasteiger charge is -2.09. The lowest BCUT2D eigenvalue weighted by molar-refractivity contribution is -0.384. The van der Waals surface area contributed by atoms with Gasteiger partial charge in [0, 0.05) is 17.7 Å². The van der Waals surface area contributed by atoms with Gasteiger partial charge in [-0.3, -0.25) is 14.9 Å². The number of hydrazone groups is 1. The minimum atomic E-state index is -0.477. The molecule has 0 bridgehead atoms. The van der Waals surface area contributed by atoms with E-state index in [0.29, 0.717) is 28.3 Å². The summed E-state index contributed by atoms with van der Waals surface area (Å²) in [5.41, 5.74) is 3.98. The highest BCUT2D eigenvalue weighted by molar-refractivity contribution is 6.01. The normalized spacial score (nSPS) is 10.9. The Labute approximate surface area is 144 Å². The molecule has 2 rings (SSSR count). The zero-order valence-corrected chi connectivity index (χ0v) is 14.0. The molecule has 8 nitrogen and oxygen atoms in total. The number of amides is 1. The summed E-state index contributed by atoms with van der Waals surface area (Å²) in [5.74, 6) is 0.540. The summed E-state index contributed by atoms with van der Waals surface area (Å²) in [6.07, 6.45) is 0. The molecule has 8 heteroatoms. The van der Waals surface area contributed by atoms with Crippen molar-refractivity contribution >= 4 is 17.3 Å². The highest BCUT2D eigenvalue weighted by Gasteiger charge is 2.11. The topological polar surface area (TPSA) is 103 Å². The maximum absolute atomic E-state index is 12.2. The molecule has 0 radical (unpaired) electrons. The van der Waals surface area contributed by atoms with Crippen molar-refractivity contribution in [3.63, 3.8) is 0 Å². The predicted octanol–water partition coefficient (Wildman–Crippen LogP) is 2.77. The Bertz CT molecular complexity index is 816. The molecule has 1 amide bonds. The number of benzene rings is 2. The second kappa shape index (κ2) is 7.91. The van der Waals surface area contributed by atoms with Crippen molar-refractivity contribution in [3.8, 4) is 11.5 Å². The smallest absolute Gasteiger partial charge is 0.271 e. The molecule has 0 aromatic heterocycles. The van der Waals surface area contributed by atoms with Gasteiger partial charge in [-0.2, -0.15) is 5.10 Å². The van der Waals surface area contributed by atoms with Gasteiger partial charge in [0.1, 0.15) is 0 Å². The monoisotopic (exact) mass is 343 g/mol. The van der Waals surface area contributed by atoms with E-state index in [2.05, 4.69) is 10.5 Å². The SMILES string of the molecule is COc1ccc(C(=O)N/N=C(\C)c2ccc([N+](=O)[O-])cc2)cc1OC. The van der Waals surface area contributed by atoms with Gasteiger partial charge in [0.15, 0.2) is 11.5 Å². The highest BCUT2D eigenvalue weighted by Crippen LogP contribution is 2.27. The Kier molecular flexibility index (Phi) is 5.67. The number of non-ortho nitro benzene ring substituents is 1. The van der Waals surface area contributed by atoms with Gasteiger partial charge < -0.3 is 9.47 Å². The zero-order valence-electron chi connectivity index (χ0n) is 14.0. The first kappa shape index (κ1) is 17.9. The fourth-order valence-electron chi connectivity index (χ4n) is 2.07. The second-order valence-corrected chi connectivity index (χ2v) is 5.01. The summed E-state index contributed by atoms with van der Waals surface area (Å²) in [6.45, 7) is 1.69. The molecule has 0 fully saturated rings. The van der Waals surface area contributed by atoms with E-state index in [1.165, 1.54) is 26.4 Å². The van der Waals surface area contributed by atoms with Gasteiger partial charge in [0.05, 0.1) is 24.9 Å². The van der Waals surface area contributed by atoms with Crippen LogP contribution < -0.4 is 14.9 Å². The largest absolute Gasteiger partial charge is 0.493 e. The van der Waals surface area contributed by atoms with E-state index in [9.17, 15) is 14.9 Å². The van der Waals surface area contributed by atoms with Gasteiger partial charge in [-0.15, -0.1) is 0 Å². The van der Waals surface area contributed by atoms with Crippen LogP contribution in [-0.2, 0) is 0 Å². The Morgan fingerprint density at radius 3 is 2.20 bits per heavy atom. The molecule has 0 spiro atoms. The van der Waals surface area contributed by atoms with Crippen LogP contribution in [0.4, 0.5) is 5.69 Å². The number of rotatable bonds is 6. The molecule has 0 saturated carbocycles. The van der Waals surface area contributed by atoms with Crippen LogP contribution in [0.1, 0.15) is 22.8 Å². The zero-order chi connectivity index (χ0) is 18.4. The number of hydrogen-bond acceptors (Lipinski definition) is 6. The van der Waals surface area contributed by atoms with Crippen LogP contribution >= 0.6 is 0 Å². The van der Waals surface area contributed by atoms with Crippen LogP contribution in [0.15, 0.2) is 47.6 Å². The van der Waals surface area contributed by atoms with Crippen LogP contribution in [0.5, 0.6) is 11.5 Å². The standard InChI is InChI=1S/C17H17N3O5/c1-11(12-4-7-14(8-5-12)20(22)23)18-19-17(21)13-6-9-15(24-2)16(10-13)25-3/h4-10H,1-3H3,(H,19,21)/b18-11+. The second-order valence-electron chi connectivity index (χ2n) is 5.01. The molecule has 0 atom stereocenters. The Morgan fingerprint density at radius 1 is 1.04 bits per heavy atom. The van der Waals surface area contributed by atoms with Crippen LogP contribution in [-0.4, -0.2) is 30.8 Å². The number of nitro groups is 1. The van der Waals surface area contributed by atoms with E-state index in [1.54, 1.807) is 37.3 Å². The lowest BCUT2D eigenvalue weighted by Crippen LogP contribution is -2.19. The molecule has 25 heavy (non-hydrogen) atoms.